The van der Waals surface area contributed by atoms with Gasteiger partial charge in [0.2, 0.25) is 11.8 Å². The topological polar surface area (TPSA) is 132 Å². The van der Waals surface area contributed by atoms with Crippen LogP contribution in [0.3, 0.4) is 0 Å². The zero-order chi connectivity index (χ0) is 31.5. The minimum absolute atomic E-state index is 0.0117. The van der Waals surface area contributed by atoms with E-state index in [1.807, 2.05) is 57.2 Å². The van der Waals surface area contributed by atoms with Crippen LogP contribution in [0, 0.1) is 11.2 Å². The third-order valence-electron chi connectivity index (χ3n) is 8.60. The van der Waals surface area contributed by atoms with Gasteiger partial charge in [-0.3, -0.25) is 9.59 Å². The maximum absolute atomic E-state index is 14.9. The molecular weight excluding hydrogens is 579 g/mol. The van der Waals surface area contributed by atoms with E-state index in [-0.39, 0.29) is 30.4 Å². The van der Waals surface area contributed by atoms with E-state index in [2.05, 4.69) is 20.9 Å². The first-order chi connectivity index (χ1) is 21.6. The average molecular weight is 611 g/mol. The summed E-state index contributed by atoms with van der Waals surface area (Å²) in [6, 6.07) is 17.1. The molecule has 0 unspecified atom stereocenters. The predicted molar refractivity (Wildman–Crippen MR) is 160 cm³/mol. The van der Waals surface area contributed by atoms with Gasteiger partial charge in [0, 0.05) is 23.2 Å². The van der Waals surface area contributed by atoms with Gasteiger partial charge in [-0.15, -0.1) is 0 Å². The molecule has 4 aromatic rings. The summed E-state index contributed by atoms with van der Waals surface area (Å²) in [6.07, 6.45) is -0.827. The Morgan fingerprint density at radius 3 is 2.67 bits per heavy atom. The van der Waals surface area contributed by atoms with Crippen LogP contribution in [0.5, 0.6) is 5.75 Å². The largest absolute Gasteiger partial charge is 0.469 e. The molecule has 3 N–H and O–H groups in total. The van der Waals surface area contributed by atoms with Crippen LogP contribution >= 0.6 is 0 Å². The maximum Gasteiger partial charge on any atom is 0.408 e. The molecule has 3 aliphatic heterocycles. The Kier molecular flexibility index (Phi) is 6.65. The molecule has 0 saturated carbocycles. The van der Waals surface area contributed by atoms with Crippen molar-refractivity contribution in [2.24, 2.45) is 5.41 Å². The second kappa shape index (κ2) is 10.5. The van der Waals surface area contributed by atoms with E-state index < -0.39 is 47.0 Å². The number of carbonyl (C=O) groups is 3. The molecule has 0 radical (unpaired) electrons. The normalized spacial score (nSPS) is 22.8. The lowest BCUT2D eigenvalue weighted by Crippen LogP contribution is -2.50. The summed E-state index contributed by atoms with van der Waals surface area (Å²) < 4.78 is 33.2. The second-order valence-electron chi connectivity index (χ2n) is 12.6. The molecule has 1 aromatic heterocycles. The summed E-state index contributed by atoms with van der Waals surface area (Å²) in [5, 5.41) is 9.06. The standard InChI is InChI=1S/C34H31FN4O6/c1-33(2,3)27-30-36-25(16-40)28(45-30)34-21-15-20(35)10-11-23(21)37-31(34)44-26-12-9-19(13-22(26)34)14-24(29(41)39-27)38-32(42)43-17-18-7-5-4-6-8-18/h4-13,15-16,24,27,31,37H,14,17H2,1-3H3,(H,38,42)(H,39,41)/t24-,27+,31+,34-/m0/s1. The fourth-order valence-electron chi connectivity index (χ4n) is 6.45. The first-order valence-corrected chi connectivity index (χ1v) is 14.7. The number of alkyl carbamates (subject to hydrolysis) is 1. The van der Waals surface area contributed by atoms with Crippen molar-refractivity contribution in [3.05, 3.63) is 112 Å². The number of anilines is 1. The molecule has 3 aliphatic rings. The van der Waals surface area contributed by atoms with Crippen molar-refractivity contribution in [2.75, 3.05) is 5.32 Å². The number of ether oxygens (including phenoxy) is 2. The van der Waals surface area contributed by atoms with Crippen LogP contribution in [0.15, 0.2) is 71.1 Å². The van der Waals surface area contributed by atoms with Crippen molar-refractivity contribution in [1.82, 2.24) is 15.6 Å². The van der Waals surface area contributed by atoms with E-state index in [0.717, 1.165) is 5.56 Å². The Morgan fingerprint density at radius 1 is 1.11 bits per heavy atom. The molecule has 11 heteroatoms. The van der Waals surface area contributed by atoms with Crippen LogP contribution < -0.4 is 20.7 Å². The molecule has 10 nitrogen and oxygen atoms in total. The smallest absolute Gasteiger partial charge is 0.408 e. The van der Waals surface area contributed by atoms with Crippen LogP contribution in [-0.2, 0) is 28.0 Å². The van der Waals surface area contributed by atoms with Gasteiger partial charge in [0.15, 0.2) is 18.3 Å². The lowest BCUT2D eigenvalue weighted by atomic mass is 9.72. The molecule has 0 aliphatic carbocycles. The Morgan fingerprint density at radius 2 is 1.91 bits per heavy atom. The second-order valence-corrected chi connectivity index (χ2v) is 12.6. The van der Waals surface area contributed by atoms with Crippen LogP contribution in [0.25, 0.3) is 0 Å². The number of nitrogens with zero attached hydrogens (tertiary/aromatic N) is 1. The first kappa shape index (κ1) is 28.6. The molecule has 4 bridgehead atoms. The molecule has 7 rings (SSSR count). The van der Waals surface area contributed by atoms with Gasteiger partial charge < -0.3 is 29.8 Å². The minimum Gasteiger partial charge on any atom is -0.469 e. The van der Waals surface area contributed by atoms with Crippen molar-refractivity contribution in [3.63, 3.8) is 0 Å². The van der Waals surface area contributed by atoms with Crippen LogP contribution in [0.2, 0.25) is 0 Å². The number of aromatic nitrogens is 1. The third kappa shape index (κ3) is 4.70. The maximum atomic E-state index is 14.9. The van der Waals surface area contributed by atoms with Gasteiger partial charge in [0.1, 0.15) is 41.4 Å². The summed E-state index contributed by atoms with van der Waals surface area (Å²) in [7, 11) is 0. The van der Waals surface area contributed by atoms with Gasteiger partial charge in [-0.1, -0.05) is 63.2 Å². The fraction of sp³-hybridized carbons (Fsp3) is 0.294. The van der Waals surface area contributed by atoms with Crippen molar-refractivity contribution in [2.45, 2.75) is 57.5 Å². The van der Waals surface area contributed by atoms with Crippen molar-refractivity contribution in [1.29, 1.82) is 0 Å². The molecule has 2 amide bonds. The van der Waals surface area contributed by atoms with E-state index in [9.17, 15) is 18.8 Å². The van der Waals surface area contributed by atoms with E-state index in [1.54, 1.807) is 18.2 Å². The van der Waals surface area contributed by atoms with Crippen LogP contribution in [-0.4, -0.2) is 35.5 Å². The number of carbonyl (C=O) groups excluding carboxylic acids is 3. The molecular formula is C34H31FN4O6. The SMILES string of the molecule is CC(C)(C)[C@@H]1NC(=O)[C@@H](NC(=O)OCc2ccccc2)Cc2ccc3c(c2)[C@@]2(c4cc(F)ccc4N[C@@H]2O3)c2oc1nc2C=O. The number of rotatable bonds is 4. The number of oxazole rings is 1. The van der Waals surface area contributed by atoms with Crippen LogP contribution in [0.1, 0.15) is 71.2 Å². The fourth-order valence-corrected chi connectivity index (χ4v) is 6.45. The van der Waals surface area contributed by atoms with Gasteiger partial charge >= 0.3 is 6.09 Å². The number of hydrogen-bond donors (Lipinski definition) is 3. The van der Waals surface area contributed by atoms with Crippen molar-refractivity contribution >= 4 is 24.0 Å². The van der Waals surface area contributed by atoms with Gasteiger partial charge in [0.05, 0.1) is 0 Å². The van der Waals surface area contributed by atoms with Crippen molar-refractivity contribution in [3.8, 4) is 5.75 Å². The van der Waals surface area contributed by atoms with Gasteiger partial charge in [-0.2, -0.15) is 0 Å². The highest BCUT2D eigenvalue weighted by Gasteiger charge is 2.61. The Bertz CT molecular complexity index is 1830. The lowest BCUT2D eigenvalue weighted by molar-refractivity contribution is -0.124. The number of benzene rings is 3. The molecule has 1 spiro atoms. The first-order valence-electron chi connectivity index (χ1n) is 14.7. The monoisotopic (exact) mass is 610 g/mol. The number of halogens is 1. The number of amides is 2. The lowest BCUT2D eigenvalue weighted by Gasteiger charge is -2.32. The van der Waals surface area contributed by atoms with Crippen molar-refractivity contribution < 1.29 is 32.7 Å². The molecule has 0 saturated heterocycles. The highest BCUT2D eigenvalue weighted by molar-refractivity contribution is 5.87. The van der Waals surface area contributed by atoms with E-state index in [1.165, 1.54) is 12.1 Å². The Balaban J connectivity index is 1.36. The van der Waals surface area contributed by atoms with Gasteiger partial charge in [-0.25, -0.2) is 14.2 Å². The van der Waals surface area contributed by atoms with E-state index in [0.29, 0.717) is 34.4 Å². The number of nitrogens with one attached hydrogen (secondary N) is 3. The van der Waals surface area contributed by atoms with E-state index >= 15 is 0 Å². The average Bonchev–Trinajstić information content (AvgIpc) is 3.66. The molecule has 0 fully saturated rings. The molecule has 3 aromatic carbocycles. The van der Waals surface area contributed by atoms with Crippen LogP contribution in [0.4, 0.5) is 14.9 Å². The van der Waals surface area contributed by atoms with E-state index in [4.69, 9.17) is 13.9 Å². The Hall–Kier alpha value is -5.19. The van der Waals surface area contributed by atoms with Gasteiger partial charge in [0.25, 0.3) is 0 Å². The number of aldehydes is 1. The Labute approximate surface area is 258 Å². The highest BCUT2D eigenvalue weighted by atomic mass is 19.1. The molecule has 45 heavy (non-hydrogen) atoms. The molecule has 4 heterocycles. The summed E-state index contributed by atoms with van der Waals surface area (Å²) in [6.45, 7) is 5.72. The summed E-state index contributed by atoms with van der Waals surface area (Å²) in [5.41, 5.74) is 1.36. The summed E-state index contributed by atoms with van der Waals surface area (Å²) >= 11 is 0. The number of hydrogen-bond acceptors (Lipinski definition) is 8. The number of fused-ring (bicyclic) bond motifs is 4. The quantitative estimate of drug-likeness (QED) is 0.270. The molecule has 4 atom stereocenters. The van der Waals surface area contributed by atoms with Gasteiger partial charge in [-0.05, 0) is 40.8 Å². The summed E-state index contributed by atoms with van der Waals surface area (Å²) in [5.74, 6) is -0.165. The zero-order valence-electron chi connectivity index (χ0n) is 24.8. The minimum atomic E-state index is -1.27. The highest BCUT2D eigenvalue weighted by Crippen LogP contribution is 2.58. The third-order valence-corrected chi connectivity index (χ3v) is 8.60. The zero-order valence-corrected chi connectivity index (χ0v) is 24.8. The summed E-state index contributed by atoms with van der Waals surface area (Å²) in [4.78, 5) is 44.0. The predicted octanol–water partition coefficient (Wildman–Crippen LogP) is 5.16. The molecule has 230 valence electrons.